The maximum absolute atomic E-state index is 5.29. The minimum atomic E-state index is 0.411. The molecule has 0 aliphatic heterocycles. The van der Waals surface area contributed by atoms with Crippen LogP contribution in [-0.2, 0) is 6.54 Å². The first-order chi connectivity index (χ1) is 8.69. The van der Waals surface area contributed by atoms with Gasteiger partial charge in [0.2, 0.25) is 5.95 Å². The van der Waals surface area contributed by atoms with E-state index in [1.165, 1.54) is 5.56 Å². The third-order valence-corrected chi connectivity index (χ3v) is 2.96. The first-order valence-electron chi connectivity index (χ1n) is 5.44. The molecule has 0 amide bonds. The molecule has 2 rings (SSSR count). The van der Waals surface area contributed by atoms with Crippen LogP contribution in [0.2, 0.25) is 0 Å². The molecule has 1 heterocycles. The van der Waals surface area contributed by atoms with Crippen LogP contribution < -0.4 is 16.2 Å². The Morgan fingerprint density at radius 2 is 2.22 bits per heavy atom. The summed E-state index contributed by atoms with van der Waals surface area (Å²) in [6.07, 6.45) is 1.68. The molecule has 0 saturated carbocycles. The summed E-state index contributed by atoms with van der Waals surface area (Å²) in [5, 5.41) is 0. The zero-order valence-corrected chi connectivity index (χ0v) is 11.6. The summed E-state index contributed by atoms with van der Waals surface area (Å²) in [5.74, 6) is 6.52. The van der Waals surface area contributed by atoms with E-state index in [2.05, 4.69) is 43.5 Å². The van der Waals surface area contributed by atoms with E-state index in [0.29, 0.717) is 5.95 Å². The fourth-order valence-corrected chi connectivity index (χ4v) is 2.07. The van der Waals surface area contributed by atoms with E-state index in [-0.39, 0.29) is 0 Å². The lowest BCUT2D eigenvalue weighted by atomic mass is 10.2. The lowest BCUT2D eigenvalue weighted by Crippen LogP contribution is -2.19. The quantitative estimate of drug-likeness (QED) is 0.669. The van der Waals surface area contributed by atoms with E-state index >= 15 is 0 Å². The van der Waals surface area contributed by atoms with E-state index in [1.54, 1.807) is 6.20 Å². The summed E-state index contributed by atoms with van der Waals surface area (Å²) >= 11 is 3.46. The van der Waals surface area contributed by atoms with Crippen molar-refractivity contribution in [1.29, 1.82) is 0 Å². The Morgan fingerprint density at radius 1 is 1.39 bits per heavy atom. The fourth-order valence-electron chi connectivity index (χ4n) is 1.62. The third-order valence-electron chi connectivity index (χ3n) is 2.47. The predicted octanol–water partition coefficient (Wildman–Crippen LogP) is 2.16. The SMILES string of the molecule is CN(Cc1cccc(Br)c1)c1ccnc(NN)n1. The van der Waals surface area contributed by atoms with Crippen LogP contribution in [0.15, 0.2) is 41.0 Å². The molecule has 6 heteroatoms. The highest BCUT2D eigenvalue weighted by molar-refractivity contribution is 9.10. The van der Waals surface area contributed by atoms with Crippen molar-refractivity contribution < 1.29 is 0 Å². The molecule has 94 valence electrons. The summed E-state index contributed by atoms with van der Waals surface area (Å²) in [6, 6.07) is 10.0. The van der Waals surface area contributed by atoms with Gasteiger partial charge in [0, 0.05) is 24.3 Å². The molecule has 0 aliphatic rings. The van der Waals surface area contributed by atoms with E-state index in [0.717, 1.165) is 16.8 Å². The smallest absolute Gasteiger partial charge is 0.239 e. The third kappa shape index (κ3) is 3.18. The van der Waals surface area contributed by atoms with Gasteiger partial charge >= 0.3 is 0 Å². The first kappa shape index (κ1) is 12.8. The van der Waals surface area contributed by atoms with Crippen molar-refractivity contribution in [3.63, 3.8) is 0 Å². The number of nitrogen functional groups attached to an aromatic ring is 1. The van der Waals surface area contributed by atoms with Crippen LogP contribution in [0, 0.1) is 0 Å². The van der Waals surface area contributed by atoms with Gasteiger partial charge in [0.1, 0.15) is 5.82 Å². The molecular weight excluding hydrogens is 294 g/mol. The molecule has 2 aromatic rings. The van der Waals surface area contributed by atoms with Crippen LogP contribution in [-0.4, -0.2) is 17.0 Å². The van der Waals surface area contributed by atoms with Gasteiger partial charge in [0.15, 0.2) is 0 Å². The standard InChI is InChI=1S/C12H14BrN5/c1-18(8-9-3-2-4-10(13)7-9)11-5-6-15-12(16-11)17-14/h2-7H,8,14H2,1H3,(H,15,16,17). The van der Waals surface area contributed by atoms with Gasteiger partial charge in [-0.25, -0.2) is 10.8 Å². The van der Waals surface area contributed by atoms with E-state index in [9.17, 15) is 0 Å². The number of benzene rings is 1. The zero-order valence-electron chi connectivity index (χ0n) is 9.97. The molecule has 18 heavy (non-hydrogen) atoms. The van der Waals surface area contributed by atoms with Crippen molar-refractivity contribution in [1.82, 2.24) is 9.97 Å². The van der Waals surface area contributed by atoms with Gasteiger partial charge in [-0.3, -0.25) is 5.43 Å². The van der Waals surface area contributed by atoms with Crippen LogP contribution >= 0.6 is 15.9 Å². The van der Waals surface area contributed by atoms with Crippen molar-refractivity contribution in [3.05, 3.63) is 46.6 Å². The minimum Gasteiger partial charge on any atom is -0.355 e. The van der Waals surface area contributed by atoms with Crippen molar-refractivity contribution in [2.75, 3.05) is 17.4 Å². The average molecular weight is 308 g/mol. The van der Waals surface area contributed by atoms with E-state index < -0.39 is 0 Å². The summed E-state index contributed by atoms with van der Waals surface area (Å²) in [4.78, 5) is 10.3. The normalized spacial score (nSPS) is 10.2. The number of halogens is 1. The second-order valence-corrected chi connectivity index (χ2v) is 4.78. The molecule has 0 atom stereocenters. The topological polar surface area (TPSA) is 67.1 Å². The highest BCUT2D eigenvalue weighted by atomic mass is 79.9. The molecule has 1 aromatic heterocycles. The Labute approximate surface area is 114 Å². The summed E-state index contributed by atoms with van der Waals surface area (Å²) in [7, 11) is 1.98. The molecular formula is C12H14BrN5. The maximum Gasteiger partial charge on any atom is 0.239 e. The number of nitrogens with one attached hydrogen (secondary N) is 1. The molecule has 0 bridgehead atoms. The van der Waals surface area contributed by atoms with Gasteiger partial charge in [-0.1, -0.05) is 28.1 Å². The molecule has 0 aliphatic carbocycles. The summed E-state index contributed by atoms with van der Waals surface area (Å²) in [5.41, 5.74) is 3.64. The monoisotopic (exact) mass is 307 g/mol. The molecule has 3 N–H and O–H groups in total. The van der Waals surface area contributed by atoms with Crippen LogP contribution in [0.4, 0.5) is 11.8 Å². The maximum atomic E-state index is 5.29. The number of nitrogens with two attached hydrogens (primary N) is 1. The van der Waals surface area contributed by atoms with Gasteiger partial charge in [0.05, 0.1) is 0 Å². The van der Waals surface area contributed by atoms with E-state index in [1.807, 2.05) is 30.1 Å². The lowest BCUT2D eigenvalue weighted by Gasteiger charge is -2.18. The van der Waals surface area contributed by atoms with E-state index in [4.69, 9.17) is 5.84 Å². The average Bonchev–Trinajstić information content (AvgIpc) is 2.39. The van der Waals surface area contributed by atoms with Crippen molar-refractivity contribution in [3.8, 4) is 0 Å². The number of aromatic nitrogens is 2. The fraction of sp³-hybridized carbons (Fsp3) is 0.167. The molecule has 0 unspecified atom stereocenters. The van der Waals surface area contributed by atoms with Gasteiger partial charge in [0.25, 0.3) is 0 Å². The Kier molecular flexibility index (Phi) is 4.11. The number of rotatable bonds is 4. The van der Waals surface area contributed by atoms with Gasteiger partial charge in [-0.15, -0.1) is 0 Å². The molecule has 0 fully saturated rings. The largest absolute Gasteiger partial charge is 0.355 e. The Hall–Kier alpha value is -1.66. The highest BCUT2D eigenvalue weighted by Crippen LogP contribution is 2.16. The molecule has 0 radical (unpaired) electrons. The van der Waals surface area contributed by atoms with Crippen molar-refractivity contribution in [2.24, 2.45) is 5.84 Å². The van der Waals surface area contributed by atoms with Crippen LogP contribution in [0.25, 0.3) is 0 Å². The molecule has 5 nitrogen and oxygen atoms in total. The number of anilines is 2. The van der Waals surface area contributed by atoms with Crippen molar-refractivity contribution in [2.45, 2.75) is 6.54 Å². The minimum absolute atomic E-state index is 0.411. The number of hydrogen-bond donors (Lipinski definition) is 2. The van der Waals surface area contributed by atoms with Gasteiger partial charge in [-0.2, -0.15) is 4.98 Å². The Balaban J connectivity index is 2.13. The molecule has 1 aromatic carbocycles. The lowest BCUT2D eigenvalue weighted by molar-refractivity contribution is 0.890. The second kappa shape index (κ2) is 5.79. The van der Waals surface area contributed by atoms with Gasteiger partial charge in [-0.05, 0) is 23.8 Å². The van der Waals surface area contributed by atoms with Crippen LogP contribution in [0.1, 0.15) is 5.56 Å². The Morgan fingerprint density at radius 3 is 2.94 bits per heavy atom. The first-order valence-corrected chi connectivity index (χ1v) is 6.23. The zero-order chi connectivity index (χ0) is 13.0. The highest BCUT2D eigenvalue weighted by Gasteiger charge is 2.05. The van der Waals surface area contributed by atoms with Crippen LogP contribution in [0.5, 0.6) is 0 Å². The Bertz CT molecular complexity index is 531. The number of nitrogens with zero attached hydrogens (tertiary/aromatic N) is 3. The van der Waals surface area contributed by atoms with Gasteiger partial charge < -0.3 is 4.90 Å². The molecule has 0 spiro atoms. The van der Waals surface area contributed by atoms with Crippen molar-refractivity contribution >= 4 is 27.7 Å². The number of hydrazine groups is 1. The summed E-state index contributed by atoms with van der Waals surface area (Å²) in [6.45, 7) is 0.764. The summed E-state index contributed by atoms with van der Waals surface area (Å²) < 4.78 is 1.07. The van der Waals surface area contributed by atoms with Crippen LogP contribution in [0.3, 0.4) is 0 Å². The molecule has 0 saturated heterocycles. The number of hydrogen-bond acceptors (Lipinski definition) is 5. The second-order valence-electron chi connectivity index (χ2n) is 3.87. The predicted molar refractivity (Wildman–Crippen MR) is 76.1 cm³/mol.